The van der Waals surface area contributed by atoms with E-state index < -0.39 is 0 Å². The molecule has 2 aliphatic rings. The zero-order valence-corrected chi connectivity index (χ0v) is 11.4. The standard InChI is InChI=1S/C15H19N3O2/c19-14(12-4-2-1-3-5-12)17-9-6-13(7-10-17)18-11-8-16-15(18)20/h1-5,13H,6-11H2,(H,16,20). The summed E-state index contributed by atoms with van der Waals surface area (Å²) in [5.74, 6) is 0.0925. The van der Waals surface area contributed by atoms with Crippen LogP contribution in [0.15, 0.2) is 30.3 Å². The van der Waals surface area contributed by atoms with Gasteiger partial charge >= 0.3 is 6.03 Å². The SMILES string of the molecule is O=C(c1ccccc1)N1CCC(N2CCNC2=O)CC1. The van der Waals surface area contributed by atoms with Crippen LogP contribution in [-0.4, -0.2) is 54.0 Å². The first kappa shape index (κ1) is 13.0. The van der Waals surface area contributed by atoms with Crippen LogP contribution >= 0.6 is 0 Å². The summed E-state index contributed by atoms with van der Waals surface area (Å²) < 4.78 is 0. The number of amides is 3. The van der Waals surface area contributed by atoms with Crippen LogP contribution in [0.4, 0.5) is 4.79 Å². The molecule has 3 rings (SSSR count). The van der Waals surface area contributed by atoms with Crippen LogP contribution < -0.4 is 5.32 Å². The highest BCUT2D eigenvalue weighted by Crippen LogP contribution is 2.19. The first-order valence-corrected chi connectivity index (χ1v) is 7.14. The number of rotatable bonds is 2. The Labute approximate surface area is 118 Å². The van der Waals surface area contributed by atoms with Crippen LogP contribution in [0.25, 0.3) is 0 Å². The Kier molecular flexibility index (Phi) is 3.58. The predicted molar refractivity (Wildman–Crippen MR) is 75.5 cm³/mol. The van der Waals surface area contributed by atoms with Crippen molar-refractivity contribution in [3.8, 4) is 0 Å². The number of nitrogens with one attached hydrogen (secondary N) is 1. The molecule has 106 valence electrons. The highest BCUT2D eigenvalue weighted by Gasteiger charge is 2.31. The molecule has 2 saturated heterocycles. The van der Waals surface area contributed by atoms with Gasteiger partial charge in [0.1, 0.15) is 0 Å². The van der Waals surface area contributed by atoms with Crippen LogP contribution in [0, 0.1) is 0 Å². The van der Waals surface area contributed by atoms with Crippen molar-refractivity contribution >= 4 is 11.9 Å². The Hall–Kier alpha value is -2.04. The largest absolute Gasteiger partial charge is 0.338 e. The molecule has 0 radical (unpaired) electrons. The van der Waals surface area contributed by atoms with Crippen LogP contribution in [0.5, 0.6) is 0 Å². The summed E-state index contributed by atoms with van der Waals surface area (Å²) in [5.41, 5.74) is 0.741. The van der Waals surface area contributed by atoms with Crippen LogP contribution in [0.1, 0.15) is 23.2 Å². The molecule has 5 nitrogen and oxygen atoms in total. The summed E-state index contributed by atoms with van der Waals surface area (Å²) in [4.78, 5) is 27.8. The number of hydrogen-bond donors (Lipinski definition) is 1. The van der Waals surface area contributed by atoms with Gasteiger partial charge in [0.15, 0.2) is 0 Å². The summed E-state index contributed by atoms with van der Waals surface area (Å²) in [7, 11) is 0. The fraction of sp³-hybridized carbons (Fsp3) is 0.467. The predicted octanol–water partition coefficient (Wildman–Crippen LogP) is 1.32. The third-order valence-electron chi connectivity index (χ3n) is 4.10. The molecule has 2 fully saturated rings. The minimum Gasteiger partial charge on any atom is -0.338 e. The van der Waals surface area contributed by atoms with Crippen LogP contribution in [0.3, 0.4) is 0 Å². The molecule has 3 amide bonds. The molecule has 5 heteroatoms. The number of carbonyl (C=O) groups excluding carboxylic acids is 2. The van der Waals surface area contributed by atoms with Crippen molar-refractivity contribution in [2.45, 2.75) is 18.9 Å². The molecule has 0 bridgehead atoms. The van der Waals surface area contributed by atoms with Gasteiger partial charge in [-0.3, -0.25) is 4.79 Å². The van der Waals surface area contributed by atoms with Gasteiger partial charge in [-0.05, 0) is 25.0 Å². The van der Waals surface area contributed by atoms with Gasteiger partial charge in [0.05, 0.1) is 0 Å². The number of carbonyl (C=O) groups is 2. The topological polar surface area (TPSA) is 52.7 Å². The number of hydrogen-bond acceptors (Lipinski definition) is 2. The third kappa shape index (κ3) is 2.48. The van der Waals surface area contributed by atoms with E-state index in [9.17, 15) is 9.59 Å². The summed E-state index contributed by atoms with van der Waals surface area (Å²) in [6.07, 6.45) is 1.73. The Bertz CT molecular complexity index is 495. The van der Waals surface area contributed by atoms with Gasteiger partial charge in [0, 0.05) is 37.8 Å². The molecule has 2 aliphatic heterocycles. The zero-order chi connectivity index (χ0) is 13.9. The highest BCUT2D eigenvalue weighted by molar-refractivity contribution is 5.94. The van der Waals surface area contributed by atoms with Gasteiger partial charge in [0.2, 0.25) is 0 Å². The second-order valence-electron chi connectivity index (χ2n) is 5.31. The Morgan fingerprint density at radius 3 is 2.40 bits per heavy atom. The Morgan fingerprint density at radius 2 is 1.80 bits per heavy atom. The highest BCUT2D eigenvalue weighted by atomic mass is 16.2. The normalized spacial score (nSPS) is 20.1. The quantitative estimate of drug-likeness (QED) is 0.883. The lowest BCUT2D eigenvalue weighted by Crippen LogP contribution is -2.47. The summed E-state index contributed by atoms with van der Waals surface area (Å²) in [6, 6.07) is 9.69. The monoisotopic (exact) mass is 273 g/mol. The van der Waals surface area contributed by atoms with Gasteiger partial charge in [-0.1, -0.05) is 18.2 Å². The van der Waals surface area contributed by atoms with Gasteiger partial charge in [0.25, 0.3) is 5.91 Å². The van der Waals surface area contributed by atoms with Crippen molar-refractivity contribution in [2.75, 3.05) is 26.2 Å². The van der Waals surface area contributed by atoms with Gasteiger partial charge in [-0.25, -0.2) is 4.79 Å². The molecule has 1 aromatic rings. The fourth-order valence-electron chi connectivity index (χ4n) is 2.98. The number of urea groups is 1. The van der Waals surface area contributed by atoms with E-state index >= 15 is 0 Å². The number of nitrogens with zero attached hydrogens (tertiary/aromatic N) is 2. The molecule has 0 spiro atoms. The minimum absolute atomic E-state index is 0.0397. The molecule has 0 aliphatic carbocycles. The van der Waals surface area contributed by atoms with E-state index in [4.69, 9.17) is 0 Å². The molecule has 2 heterocycles. The number of piperidine rings is 1. The van der Waals surface area contributed by atoms with E-state index in [-0.39, 0.29) is 18.0 Å². The zero-order valence-electron chi connectivity index (χ0n) is 11.4. The summed E-state index contributed by atoms with van der Waals surface area (Å²) in [6.45, 7) is 2.97. The van der Waals surface area contributed by atoms with Crippen molar-refractivity contribution in [3.05, 3.63) is 35.9 Å². The van der Waals surface area contributed by atoms with Crippen LogP contribution in [0.2, 0.25) is 0 Å². The van der Waals surface area contributed by atoms with Gasteiger partial charge < -0.3 is 15.1 Å². The number of benzene rings is 1. The average Bonchev–Trinajstić information content (AvgIpc) is 2.94. The van der Waals surface area contributed by atoms with E-state index in [2.05, 4.69) is 5.32 Å². The molecule has 1 N–H and O–H groups in total. The molecule has 0 saturated carbocycles. The summed E-state index contributed by atoms with van der Waals surface area (Å²) in [5, 5.41) is 2.83. The molecular formula is C15H19N3O2. The molecule has 0 aromatic heterocycles. The maximum atomic E-state index is 12.3. The first-order chi connectivity index (χ1) is 9.75. The molecular weight excluding hydrogens is 254 g/mol. The van der Waals surface area contributed by atoms with Crippen molar-refractivity contribution in [2.24, 2.45) is 0 Å². The molecule has 1 aromatic carbocycles. The van der Waals surface area contributed by atoms with Crippen molar-refractivity contribution < 1.29 is 9.59 Å². The second kappa shape index (κ2) is 5.53. The smallest absolute Gasteiger partial charge is 0.317 e. The van der Waals surface area contributed by atoms with Crippen molar-refractivity contribution in [3.63, 3.8) is 0 Å². The maximum Gasteiger partial charge on any atom is 0.317 e. The van der Waals surface area contributed by atoms with E-state index in [1.54, 1.807) is 0 Å². The van der Waals surface area contributed by atoms with E-state index in [0.29, 0.717) is 0 Å². The lowest BCUT2D eigenvalue weighted by atomic mass is 10.0. The molecule has 0 atom stereocenters. The first-order valence-electron chi connectivity index (χ1n) is 7.14. The van der Waals surface area contributed by atoms with Crippen LogP contribution in [-0.2, 0) is 0 Å². The summed E-state index contributed by atoms with van der Waals surface area (Å²) >= 11 is 0. The van der Waals surface area contributed by atoms with Gasteiger partial charge in [-0.15, -0.1) is 0 Å². The van der Waals surface area contributed by atoms with Crippen molar-refractivity contribution in [1.82, 2.24) is 15.1 Å². The van der Waals surface area contributed by atoms with E-state index in [1.807, 2.05) is 40.1 Å². The number of likely N-dealkylation sites (tertiary alicyclic amines) is 1. The third-order valence-corrected chi connectivity index (χ3v) is 4.10. The van der Waals surface area contributed by atoms with E-state index in [1.165, 1.54) is 0 Å². The lowest BCUT2D eigenvalue weighted by molar-refractivity contribution is 0.0666. The second-order valence-corrected chi connectivity index (χ2v) is 5.31. The molecule has 0 unspecified atom stereocenters. The minimum atomic E-state index is 0.0397. The Morgan fingerprint density at radius 1 is 1.10 bits per heavy atom. The average molecular weight is 273 g/mol. The van der Waals surface area contributed by atoms with E-state index in [0.717, 1.165) is 44.6 Å². The molecule has 20 heavy (non-hydrogen) atoms. The van der Waals surface area contributed by atoms with Crippen molar-refractivity contribution in [1.29, 1.82) is 0 Å². The maximum absolute atomic E-state index is 12.3. The van der Waals surface area contributed by atoms with Gasteiger partial charge in [-0.2, -0.15) is 0 Å². The lowest BCUT2D eigenvalue weighted by Gasteiger charge is -2.36. The Balaban J connectivity index is 1.58. The fourth-order valence-corrected chi connectivity index (χ4v) is 2.98.